The number of carbonyl (C=O) groups is 1. The second kappa shape index (κ2) is 7.19. The number of rotatable bonds is 5. The van der Waals surface area contributed by atoms with E-state index in [-0.39, 0.29) is 18.4 Å². The third-order valence-corrected chi connectivity index (χ3v) is 4.74. The maximum Gasteiger partial charge on any atom is 0.230 e. The summed E-state index contributed by atoms with van der Waals surface area (Å²) in [7, 11) is 0. The standard InChI is InChI=1S/C17H21N3O3S/c1-10(2)16(18)17-20-12(9-24-17)8-15(21)19-11-3-4-13-14(7-11)23-6-5-22-13/h3-4,7,9-10,16H,5-6,8,18H2,1-2H3,(H,19,21). The highest BCUT2D eigenvalue weighted by molar-refractivity contribution is 7.09. The molecule has 128 valence electrons. The van der Waals surface area contributed by atoms with Gasteiger partial charge in [-0.1, -0.05) is 13.8 Å². The highest BCUT2D eigenvalue weighted by Crippen LogP contribution is 2.32. The number of hydrogen-bond donors (Lipinski definition) is 2. The summed E-state index contributed by atoms with van der Waals surface area (Å²) in [6.45, 7) is 5.17. The second-order valence-electron chi connectivity index (χ2n) is 6.03. The maximum atomic E-state index is 12.2. The van der Waals surface area contributed by atoms with E-state index in [0.717, 1.165) is 10.7 Å². The largest absolute Gasteiger partial charge is 0.486 e. The number of hydrogen-bond acceptors (Lipinski definition) is 6. The minimum Gasteiger partial charge on any atom is -0.486 e. The Hall–Kier alpha value is -2.12. The fraction of sp³-hybridized carbons (Fsp3) is 0.412. The summed E-state index contributed by atoms with van der Waals surface area (Å²) in [5.41, 5.74) is 7.51. The molecule has 0 bridgehead atoms. The number of nitrogens with zero attached hydrogens (tertiary/aromatic N) is 1. The lowest BCUT2D eigenvalue weighted by Gasteiger charge is -2.18. The van der Waals surface area contributed by atoms with Crippen molar-refractivity contribution in [2.45, 2.75) is 26.3 Å². The van der Waals surface area contributed by atoms with Gasteiger partial charge in [-0.3, -0.25) is 4.79 Å². The second-order valence-corrected chi connectivity index (χ2v) is 6.92. The number of carbonyl (C=O) groups excluding carboxylic acids is 1. The van der Waals surface area contributed by atoms with Gasteiger partial charge in [0.2, 0.25) is 5.91 Å². The molecule has 0 aliphatic carbocycles. The Morgan fingerprint density at radius 2 is 2.08 bits per heavy atom. The molecule has 0 radical (unpaired) electrons. The molecule has 1 aromatic carbocycles. The molecule has 1 amide bonds. The van der Waals surface area contributed by atoms with Gasteiger partial charge >= 0.3 is 0 Å². The van der Waals surface area contributed by atoms with Crippen molar-refractivity contribution in [2.24, 2.45) is 11.7 Å². The van der Waals surface area contributed by atoms with E-state index in [1.807, 2.05) is 5.38 Å². The van der Waals surface area contributed by atoms with Crippen LogP contribution in [0.15, 0.2) is 23.6 Å². The SMILES string of the molecule is CC(C)C(N)c1nc(CC(=O)Nc2ccc3c(c2)OCCO3)cs1. The molecule has 0 saturated carbocycles. The molecule has 6 nitrogen and oxygen atoms in total. The molecule has 0 saturated heterocycles. The van der Waals surface area contributed by atoms with Crippen LogP contribution in [0.3, 0.4) is 0 Å². The van der Waals surface area contributed by atoms with Gasteiger partial charge < -0.3 is 20.5 Å². The first-order chi connectivity index (χ1) is 11.5. The molecule has 3 N–H and O–H groups in total. The minimum absolute atomic E-state index is 0.0930. The van der Waals surface area contributed by atoms with Crippen molar-refractivity contribution < 1.29 is 14.3 Å². The zero-order chi connectivity index (χ0) is 17.1. The van der Waals surface area contributed by atoms with Crippen LogP contribution < -0.4 is 20.5 Å². The number of anilines is 1. The topological polar surface area (TPSA) is 86.5 Å². The molecule has 0 spiro atoms. The van der Waals surface area contributed by atoms with Crippen LogP contribution in [0.25, 0.3) is 0 Å². The van der Waals surface area contributed by atoms with Gasteiger partial charge in [0.25, 0.3) is 0 Å². The molecule has 3 rings (SSSR count). The lowest BCUT2D eigenvalue weighted by molar-refractivity contribution is -0.115. The Labute approximate surface area is 145 Å². The van der Waals surface area contributed by atoms with Gasteiger partial charge in [0.05, 0.1) is 18.2 Å². The van der Waals surface area contributed by atoms with E-state index in [1.165, 1.54) is 11.3 Å². The summed E-state index contributed by atoms with van der Waals surface area (Å²) in [6.07, 6.45) is 0.218. The molecule has 2 heterocycles. The third kappa shape index (κ3) is 3.85. The quantitative estimate of drug-likeness (QED) is 0.868. The van der Waals surface area contributed by atoms with Crippen molar-refractivity contribution in [1.82, 2.24) is 4.98 Å². The number of amides is 1. The Bertz CT molecular complexity index is 730. The summed E-state index contributed by atoms with van der Waals surface area (Å²) >= 11 is 1.50. The summed E-state index contributed by atoms with van der Waals surface area (Å²) in [5.74, 6) is 1.54. The van der Waals surface area contributed by atoms with Crippen LogP contribution in [0, 0.1) is 5.92 Å². The predicted octanol–water partition coefficient (Wildman–Crippen LogP) is 2.75. The lowest BCUT2D eigenvalue weighted by Crippen LogP contribution is -2.18. The normalized spacial score (nSPS) is 14.5. The number of benzene rings is 1. The highest BCUT2D eigenvalue weighted by atomic mass is 32.1. The Morgan fingerprint density at radius 3 is 2.83 bits per heavy atom. The maximum absolute atomic E-state index is 12.2. The van der Waals surface area contributed by atoms with Crippen LogP contribution in [-0.4, -0.2) is 24.1 Å². The number of thiazole rings is 1. The predicted molar refractivity (Wildman–Crippen MR) is 93.6 cm³/mol. The van der Waals surface area contributed by atoms with E-state index >= 15 is 0 Å². The van der Waals surface area contributed by atoms with Gasteiger partial charge in [-0.2, -0.15) is 0 Å². The number of nitrogens with one attached hydrogen (secondary N) is 1. The minimum atomic E-state index is -0.123. The third-order valence-electron chi connectivity index (χ3n) is 3.74. The zero-order valence-electron chi connectivity index (χ0n) is 13.7. The van der Waals surface area contributed by atoms with Crippen LogP contribution in [0.2, 0.25) is 0 Å². The van der Waals surface area contributed by atoms with Crippen molar-refractivity contribution in [2.75, 3.05) is 18.5 Å². The Balaban J connectivity index is 1.61. The van der Waals surface area contributed by atoms with E-state index in [9.17, 15) is 4.79 Å². The molecule has 1 aromatic heterocycles. The summed E-state index contributed by atoms with van der Waals surface area (Å²) in [6, 6.07) is 5.27. The van der Waals surface area contributed by atoms with Crippen LogP contribution in [0.1, 0.15) is 30.6 Å². The Kier molecular flexibility index (Phi) is 5.01. The van der Waals surface area contributed by atoms with E-state index in [1.54, 1.807) is 18.2 Å². The summed E-state index contributed by atoms with van der Waals surface area (Å²) in [5, 5.41) is 5.62. The van der Waals surface area contributed by atoms with Gasteiger partial charge in [0, 0.05) is 17.1 Å². The van der Waals surface area contributed by atoms with Gasteiger partial charge in [0.15, 0.2) is 11.5 Å². The van der Waals surface area contributed by atoms with Crippen molar-refractivity contribution in [3.05, 3.63) is 34.3 Å². The highest BCUT2D eigenvalue weighted by Gasteiger charge is 2.17. The number of ether oxygens (including phenoxy) is 2. The average Bonchev–Trinajstić information content (AvgIpc) is 3.02. The number of fused-ring (bicyclic) bond motifs is 1. The summed E-state index contributed by atoms with van der Waals surface area (Å²) in [4.78, 5) is 16.7. The van der Waals surface area contributed by atoms with E-state index < -0.39 is 0 Å². The fourth-order valence-corrected chi connectivity index (χ4v) is 3.32. The summed E-state index contributed by atoms with van der Waals surface area (Å²) < 4.78 is 11.0. The monoisotopic (exact) mass is 347 g/mol. The van der Waals surface area contributed by atoms with Crippen molar-refractivity contribution >= 4 is 22.9 Å². The van der Waals surface area contributed by atoms with Crippen LogP contribution in [-0.2, 0) is 11.2 Å². The molecule has 1 unspecified atom stereocenters. The molecule has 1 atom stereocenters. The first-order valence-electron chi connectivity index (χ1n) is 7.92. The molecule has 0 fully saturated rings. The van der Waals surface area contributed by atoms with Gasteiger partial charge in [-0.05, 0) is 18.1 Å². The first kappa shape index (κ1) is 16.7. The Morgan fingerprint density at radius 1 is 1.33 bits per heavy atom. The van der Waals surface area contributed by atoms with Crippen molar-refractivity contribution in [1.29, 1.82) is 0 Å². The molecule has 2 aromatic rings. The average molecular weight is 347 g/mol. The van der Waals surface area contributed by atoms with E-state index in [0.29, 0.717) is 36.3 Å². The van der Waals surface area contributed by atoms with Gasteiger partial charge in [0.1, 0.15) is 18.2 Å². The smallest absolute Gasteiger partial charge is 0.230 e. The molecular weight excluding hydrogens is 326 g/mol. The molecule has 7 heteroatoms. The van der Waals surface area contributed by atoms with E-state index in [4.69, 9.17) is 15.2 Å². The molecule has 24 heavy (non-hydrogen) atoms. The van der Waals surface area contributed by atoms with Crippen LogP contribution in [0.4, 0.5) is 5.69 Å². The first-order valence-corrected chi connectivity index (χ1v) is 8.80. The number of nitrogens with two attached hydrogens (primary N) is 1. The number of aromatic nitrogens is 1. The van der Waals surface area contributed by atoms with Crippen molar-refractivity contribution in [3.8, 4) is 11.5 Å². The lowest BCUT2D eigenvalue weighted by atomic mass is 10.1. The van der Waals surface area contributed by atoms with Crippen LogP contribution >= 0.6 is 11.3 Å². The van der Waals surface area contributed by atoms with Gasteiger partial charge in [-0.15, -0.1) is 11.3 Å². The molecule has 1 aliphatic heterocycles. The molecular formula is C17H21N3O3S. The van der Waals surface area contributed by atoms with Gasteiger partial charge in [-0.25, -0.2) is 4.98 Å². The van der Waals surface area contributed by atoms with Crippen molar-refractivity contribution in [3.63, 3.8) is 0 Å². The molecule has 1 aliphatic rings. The zero-order valence-corrected chi connectivity index (χ0v) is 14.6. The fourth-order valence-electron chi connectivity index (χ4n) is 2.33. The van der Waals surface area contributed by atoms with E-state index in [2.05, 4.69) is 24.1 Å². The van der Waals surface area contributed by atoms with Crippen LogP contribution in [0.5, 0.6) is 11.5 Å².